The van der Waals surface area contributed by atoms with Gasteiger partial charge in [-0.15, -0.1) is 0 Å². The van der Waals surface area contributed by atoms with Crippen LogP contribution in [0.3, 0.4) is 0 Å². The van der Waals surface area contributed by atoms with Crippen molar-refractivity contribution in [2.45, 2.75) is 32.2 Å². The van der Waals surface area contributed by atoms with Gasteiger partial charge in [0, 0.05) is 42.3 Å². The zero-order valence-corrected chi connectivity index (χ0v) is 18.0. The third-order valence-electron chi connectivity index (χ3n) is 5.35. The first-order valence-electron chi connectivity index (χ1n) is 10.2. The molecule has 0 aliphatic carbocycles. The minimum absolute atomic E-state index is 0.0173. The second-order valence-electron chi connectivity index (χ2n) is 7.52. The largest absolute Gasteiger partial charge is 0.496 e. The molecule has 3 rings (SSSR count). The zero-order valence-electron chi connectivity index (χ0n) is 17.2. The molecule has 0 saturated carbocycles. The average molecular weight is 430 g/mol. The molecule has 1 aliphatic heterocycles. The molecule has 2 N–H and O–H groups in total. The first kappa shape index (κ1) is 22.0. The van der Waals surface area contributed by atoms with Gasteiger partial charge in [0.15, 0.2) is 0 Å². The summed E-state index contributed by atoms with van der Waals surface area (Å²) in [6, 6.07) is 14.6. The molecule has 1 aliphatic rings. The van der Waals surface area contributed by atoms with Gasteiger partial charge in [-0.25, -0.2) is 4.79 Å². The van der Waals surface area contributed by atoms with Crippen LogP contribution in [0.15, 0.2) is 48.5 Å². The fourth-order valence-electron chi connectivity index (χ4n) is 3.69. The molecule has 0 bridgehead atoms. The van der Waals surface area contributed by atoms with E-state index in [0.717, 1.165) is 42.8 Å². The lowest BCUT2D eigenvalue weighted by molar-refractivity contribution is -0.121. The number of nitrogens with zero attached hydrogens (tertiary/aromatic N) is 1. The molecule has 0 aromatic heterocycles. The van der Waals surface area contributed by atoms with E-state index in [9.17, 15) is 9.59 Å². The second-order valence-corrected chi connectivity index (χ2v) is 7.96. The number of urea groups is 1. The van der Waals surface area contributed by atoms with Crippen molar-refractivity contribution in [3.8, 4) is 5.75 Å². The maximum atomic E-state index is 12.5. The number of anilines is 1. The van der Waals surface area contributed by atoms with Crippen LogP contribution < -0.4 is 15.4 Å². The molecule has 160 valence electrons. The van der Waals surface area contributed by atoms with Crippen molar-refractivity contribution in [3.63, 3.8) is 0 Å². The Morgan fingerprint density at radius 3 is 2.70 bits per heavy atom. The van der Waals surface area contributed by atoms with E-state index < -0.39 is 0 Å². The fourth-order valence-corrected chi connectivity index (χ4v) is 3.81. The van der Waals surface area contributed by atoms with E-state index in [-0.39, 0.29) is 11.9 Å². The predicted molar refractivity (Wildman–Crippen MR) is 119 cm³/mol. The number of carbonyl (C=O) groups is 2. The van der Waals surface area contributed by atoms with Gasteiger partial charge in [-0.05, 0) is 55.5 Å². The number of para-hydroxylation sites is 1. The summed E-state index contributed by atoms with van der Waals surface area (Å²) in [4.78, 5) is 26.7. The third-order valence-corrected chi connectivity index (χ3v) is 5.60. The van der Waals surface area contributed by atoms with Gasteiger partial charge in [-0.3, -0.25) is 4.79 Å². The minimum atomic E-state index is -0.109. The van der Waals surface area contributed by atoms with Gasteiger partial charge >= 0.3 is 6.03 Å². The van der Waals surface area contributed by atoms with E-state index in [1.54, 1.807) is 31.4 Å². The van der Waals surface area contributed by atoms with Gasteiger partial charge in [-0.2, -0.15) is 0 Å². The maximum Gasteiger partial charge on any atom is 0.321 e. The highest BCUT2D eigenvalue weighted by molar-refractivity contribution is 6.30. The monoisotopic (exact) mass is 429 g/mol. The van der Waals surface area contributed by atoms with Crippen LogP contribution in [0, 0.1) is 5.92 Å². The normalized spacial score (nSPS) is 16.1. The number of benzene rings is 2. The van der Waals surface area contributed by atoms with Gasteiger partial charge < -0.3 is 20.3 Å². The topological polar surface area (TPSA) is 70.7 Å². The quantitative estimate of drug-likeness (QED) is 0.670. The van der Waals surface area contributed by atoms with Gasteiger partial charge in [0.25, 0.3) is 0 Å². The van der Waals surface area contributed by atoms with E-state index in [4.69, 9.17) is 16.3 Å². The van der Waals surface area contributed by atoms with Crippen molar-refractivity contribution in [2.24, 2.45) is 5.92 Å². The SMILES string of the molecule is COc1ccccc1CNC(=O)CC[C@H]1CCCN(C(=O)Nc2ccc(Cl)cc2)C1. The van der Waals surface area contributed by atoms with Crippen molar-refractivity contribution in [2.75, 3.05) is 25.5 Å². The predicted octanol–water partition coefficient (Wildman–Crippen LogP) is 4.69. The molecule has 30 heavy (non-hydrogen) atoms. The number of hydrogen-bond donors (Lipinski definition) is 2. The van der Waals surface area contributed by atoms with Crippen LogP contribution in [-0.4, -0.2) is 37.0 Å². The standard InChI is InChI=1S/C23H28ClN3O3/c1-30-21-7-3-2-6-18(21)15-25-22(28)13-8-17-5-4-14-27(16-17)23(29)26-20-11-9-19(24)10-12-20/h2-3,6-7,9-12,17H,4-5,8,13-16H2,1H3,(H,25,28)(H,26,29)/t17-/m1/s1. The Bertz CT molecular complexity index is 857. The molecule has 1 atom stereocenters. The molecule has 0 radical (unpaired) electrons. The summed E-state index contributed by atoms with van der Waals surface area (Å²) in [5.74, 6) is 1.11. The molecular weight excluding hydrogens is 402 g/mol. The summed E-state index contributed by atoms with van der Waals surface area (Å²) < 4.78 is 5.31. The van der Waals surface area contributed by atoms with Crippen LogP contribution in [0.5, 0.6) is 5.75 Å². The molecule has 1 fully saturated rings. The van der Waals surface area contributed by atoms with Gasteiger partial charge in [0.2, 0.25) is 5.91 Å². The average Bonchev–Trinajstić information content (AvgIpc) is 2.78. The molecular formula is C23H28ClN3O3. The lowest BCUT2D eigenvalue weighted by Crippen LogP contribution is -2.42. The second kappa shape index (κ2) is 10.9. The molecule has 0 unspecified atom stereocenters. The smallest absolute Gasteiger partial charge is 0.321 e. The van der Waals surface area contributed by atoms with Crippen molar-refractivity contribution in [1.29, 1.82) is 0 Å². The number of likely N-dealkylation sites (tertiary alicyclic amines) is 1. The highest BCUT2D eigenvalue weighted by Gasteiger charge is 2.24. The summed E-state index contributed by atoms with van der Waals surface area (Å²) in [5, 5.41) is 6.51. The van der Waals surface area contributed by atoms with Crippen molar-refractivity contribution >= 4 is 29.2 Å². The number of ether oxygens (including phenoxy) is 1. The molecule has 7 heteroatoms. The van der Waals surface area contributed by atoms with E-state index in [0.29, 0.717) is 30.5 Å². The van der Waals surface area contributed by atoms with Gasteiger partial charge in [0.1, 0.15) is 5.75 Å². The highest BCUT2D eigenvalue weighted by Crippen LogP contribution is 2.22. The van der Waals surface area contributed by atoms with E-state index in [1.807, 2.05) is 29.2 Å². The lowest BCUT2D eigenvalue weighted by Gasteiger charge is -2.32. The van der Waals surface area contributed by atoms with Crippen molar-refractivity contribution in [1.82, 2.24) is 10.2 Å². The summed E-state index contributed by atoms with van der Waals surface area (Å²) >= 11 is 5.89. The molecule has 1 saturated heterocycles. The zero-order chi connectivity index (χ0) is 21.3. The number of halogens is 1. The maximum absolute atomic E-state index is 12.5. The molecule has 2 aromatic rings. The Balaban J connectivity index is 1.42. The lowest BCUT2D eigenvalue weighted by atomic mass is 9.93. The number of piperidine rings is 1. The highest BCUT2D eigenvalue weighted by atomic mass is 35.5. The van der Waals surface area contributed by atoms with Gasteiger partial charge in [0.05, 0.1) is 7.11 Å². The molecule has 2 aromatic carbocycles. The van der Waals surface area contributed by atoms with Crippen LogP contribution in [0.2, 0.25) is 5.02 Å². The summed E-state index contributed by atoms with van der Waals surface area (Å²) in [5.41, 5.74) is 1.68. The van der Waals surface area contributed by atoms with Crippen LogP contribution >= 0.6 is 11.6 Å². The Kier molecular flexibility index (Phi) is 7.97. The number of hydrogen-bond acceptors (Lipinski definition) is 3. The number of nitrogens with one attached hydrogen (secondary N) is 2. The van der Waals surface area contributed by atoms with Crippen LogP contribution in [0.1, 0.15) is 31.2 Å². The number of carbonyl (C=O) groups excluding carboxylic acids is 2. The summed E-state index contributed by atoms with van der Waals surface area (Å²) in [7, 11) is 1.62. The Morgan fingerprint density at radius 1 is 1.17 bits per heavy atom. The number of rotatable bonds is 7. The molecule has 3 amide bonds. The molecule has 0 spiro atoms. The van der Waals surface area contributed by atoms with Crippen LogP contribution in [-0.2, 0) is 11.3 Å². The Morgan fingerprint density at radius 2 is 1.93 bits per heavy atom. The first-order valence-corrected chi connectivity index (χ1v) is 10.6. The van der Waals surface area contributed by atoms with Crippen molar-refractivity contribution < 1.29 is 14.3 Å². The van der Waals surface area contributed by atoms with Crippen molar-refractivity contribution in [3.05, 3.63) is 59.1 Å². The van der Waals surface area contributed by atoms with Gasteiger partial charge in [-0.1, -0.05) is 29.8 Å². The van der Waals surface area contributed by atoms with E-state index in [2.05, 4.69) is 10.6 Å². The Hall–Kier alpha value is -2.73. The van der Waals surface area contributed by atoms with Crippen LogP contribution in [0.25, 0.3) is 0 Å². The summed E-state index contributed by atoms with van der Waals surface area (Å²) in [6.07, 6.45) is 3.20. The summed E-state index contributed by atoms with van der Waals surface area (Å²) in [6.45, 7) is 1.85. The minimum Gasteiger partial charge on any atom is -0.496 e. The first-order chi connectivity index (χ1) is 14.5. The van der Waals surface area contributed by atoms with E-state index >= 15 is 0 Å². The number of amides is 3. The third kappa shape index (κ3) is 6.39. The van der Waals surface area contributed by atoms with E-state index in [1.165, 1.54) is 0 Å². The number of methoxy groups -OCH3 is 1. The molecule has 1 heterocycles. The Labute approximate surface area is 182 Å². The fraction of sp³-hybridized carbons (Fsp3) is 0.391. The molecule has 6 nitrogen and oxygen atoms in total. The van der Waals surface area contributed by atoms with Crippen LogP contribution in [0.4, 0.5) is 10.5 Å².